The van der Waals surface area contributed by atoms with Crippen molar-refractivity contribution in [2.24, 2.45) is 0 Å². The van der Waals surface area contributed by atoms with E-state index in [9.17, 15) is 9.90 Å². The van der Waals surface area contributed by atoms with Crippen molar-refractivity contribution >= 4 is 11.7 Å². The highest BCUT2D eigenvalue weighted by Crippen LogP contribution is 2.24. The van der Waals surface area contributed by atoms with Crippen molar-refractivity contribution in [3.05, 3.63) is 65.2 Å². The predicted octanol–water partition coefficient (Wildman–Crippen LogP) is 3.38. The van der Waals surface area contributed by atoms with Gasteiger partial charge in [-0.2, -0.15) is 0 Å². The molecule has 0 amide bonds. The van der Waals surface area contributed by atoms with Gasteiger partial charge in [-0.25, -0.2) is 4.79 Å². The number of carbonyl (C=O) groups is 1. The van der Waals surface area contributed by atoms with Crippen LogP contribution in [0.5, 0.6) is 0 Å². The van der Waals surface area contributed by atoms with Gasteiger partial charge in [0, 0.05) is 12.8 Å². The fourth-order valence-electron chi connectivity index (χ4n) is 2.28. The molecule has 2 aromatic carbocycles. The highest BCUT2D eigenvalue weighted by Gasteiger charge is 2.22. The molecule has 0 heterocycles. The van der Waals surface area contributed by atoms with Crippen LogP contribution in [0.25, 0.3) is 0 Å². The fraction of sp³-hybridized carbons (Fsp3) is 0.235. The molecule has 0 radical (unpaired) electrons. The van der Waals surface area contributed by atoms with Gasteiger partial charge < -0.3 is 15.2 Å². The molecule has 2 rings (SSSR count). The van der Waals surface area contributed by atoms with E-state index >= 15 is 0 Å². The molecule has 1 atom stereocenters. The summed E-state index contributed by atoms with van der Waals surface area (Å²) >= 11 is 0. The number of carboxylic acids is 1. The van der Waals surface area contributed by atoms with Crippen molar-refractivity contribution in [2.75, 3.05) is 12.4 Å². The third-order valence-electron chi connectivity index (χ3n) is 3.24. The number of methoxy groups -OCH3 is 1. The van der Waals surface area contributed by atoms with Crippen LogP contribution in [0, 0.1) is 6.92 Å². The monoisotopic (exact) mass is 285 g/mol. The molecule has 2 N–H and O–H groups in total. The molecule has 0 fully saturated rings. The lowest BCUT2D eigenvalue weighted by Crippen LogP contribution is -2.22. The van der Waals surface area contributed by atoms with Crippen LogP contribution < -0.4 is 5.32 Å². The Morgan fingerprint density at radius 3 is 2.67 bits per heavy atom. The summed E-state index contributed by atoms with van der Waals surface area (Å²) in [6.07, 6.45) is 0. The zero-order chi connectivity index (χ0) is 15.2. The van der Waals surface area contributed by atoms with Crippen molar-refractivity contribution in [2.45, 2.75) is 19.6 Å². The highest BCUT2D eigenvalue weighted by atomic mass is 16.5. The van der Waals surface area contributed by atoms with Gasteiger partial charge in [0.2, 0.25) is 0 Å². The first-order valence-electron chi connectivity index (χ1n) is 6.74. The van der Waals surface area contributed by atoms with E-state index in [1.807, 2.05) is 55.5 Å². The summed E-state index contributed by atoms with van der Waals surface area (Å²) < 4.78 is 5.15. The number of nitrogens with one attached hydrogen (secondary N) is 1. The first-order valence-corrected chi connectivity index (χ1v) is 6.74. The van der Waals surface area contributed by atoms with Crippen LogP contribution in [-0.2, 0) is 16.1 Å². The van der Waals surface area contributed by atoms with Gasteiger partial charge in [-0.1, -0.05) is 36.4 Å². The molecule has 0 aliphatic rings. The first-order chi connectivity index (χ1) is 10.1. The Morgan fingerprint density at radius 2 is 2.00 bits per heavy atom. The number of ether oxygens (including phenoxy) is 1. The van der Waals surface area contributed by atoms with Crippen LogP contribution in [0.4, 0.5) is 5.69 Å². The minimum atomic E-state index is -0.917. The van der Waals surface area contributed by atoms with Gasteiger partial charge in [-0.05, 0) is 35.7 Å². The second-order valence-electron chi connectivity index (χ2n) is 4.92. The van der Waals surface area contributed by atoms with Gasteiger partial charge in [0.05, 0.1) is 6.61 Å². The Bertz CT molecular complexity index is 625. The lowest BCUT2D eigenvalue weighted by Gasteiger charge is -2.19. The van der Waals surface area contributed by atoms with Crippen molar-refractivity contribution < 1.29 is 14.6 Å². The highest BCUT2D eigenvalue weighted by molar-refractivity contribution is 5.79. The third kappa shape index (κ3) is 3.83. The lowest BCUT2D eigenvalue weighted by atomic mass is 10.00. The predicted molar refractivity (Wildman–Crippen MR) is 82.3 cm³/mol. The zero-order valence-corrected chi connectivity index (χ0v) is 12.2. The van der Waals surface area contributed by atoms with E-state index in [1.165, 1.54) is 0 Å². The molecule has 4 heteroatoms. The number of hydrogen-bond acceptors (Lipinski definition) is 3. The summed E-state index contributed by atoms with van der Waals surface area (Å²) in [6, 6.07) is 14.3. The number of carboxylic acid groups (broad SMARTS) is 1. The standard InChI is InChI=1S/C17H19NO3/c1-12-6-5-8-14(10-12)18-16(17(19)20)15-9-4-3-7-13(15)11-21-2/h3-10,16,18H,11H2,1-2H3,(H,19,20). The van der Waals surface area contributed by atoms with Gasteiger partial charge in [-0.15, -0.1) is 0 Å². The Kier molecular flexibility index (Phi) is 4.95. The molecule has 0 spiro atoms. The van der Waals surface area contributed by atoms with Crippen molar-refractivity contribution in [1.29, 1.82) is 0 Å². The number of benzene rings is 2. The van der Waals surface area contributed by atoms with Gasteiger partial charge in [0.15, 0.2) is 6.04 Å². The molecular formula is C17H19NO3. The second-order valence-corrected chi connectivity index (χ2v) is 4.92. The number of anilines is 1. The van der Waals surface area contributed by atoms with Gasteiger partial charge in [0.25, 0.3) is 0 Å². The van der Waals surface area contributed by atoms with Crippen molar-refractivity contribution in [3.8, 4) is 0 Å². The largest absolute Gasteiger partial charge is 0.479 e. The number of aliphatic carboxylic acids is 1. The molecular weight excluding hydrogens is 266 g/mol. The van der Waals surface area contributed by atoms with Crippen molar-refractivity contribution in [1.82, 2.24) is 0 Å². The Morgan fingerprint density at radius 1 is 1.24 bits per heavy atom. The second kappa shape index (κ2) is 6.90. The van der Waals surface area contributed by atoms with E-state index in [2.05, 4.69) is 5.32 Å². The number of rotatable bonds is 6. The Labute approximate surface area is 124 Å². The third-order valence-corrected chi connectivity index (χ3v) is 3.24. The normalized spacial score (nSPS) is 11.9. The summed E-state index contributed by atoms with van der Waals surface area (Å²) in [5.74, 6) is -0.917. The van der Waals surface area contributed by atoms with E-state index in [0.29, 0.717) is 12.2 Å². The Hall–Kier alpha value is -2.33. The van der Waals surface area contributed by atoms with Gasteiger partial charge in [-0.3, -0.25) is 0 Å². The fourth-order valence-corrected chi connectivity index (χ4v) is 2.28. The SMILES string of the molecule is COCc1ccccc1C(Nc1cccc(C)c1)C(=O)O. The van der Waals surface area contributed by atoms with Crippen molar-refractivity contribution in [3.63, 3.8) is 0 Å². The van der Waals surface area contributed by atoms with E-state index in [4.69, 9.17) is 4.74 Å². The van der Waals surface area contributed by atoms with Crippen LogP contribution >= 0.6 is 0 Å². The minimum Gasteiger partial charge on any atom is -0.479 e. The maximum Gasteiger partial charge on any atom is 0.330 e. The van der Waals surface area contributed by atoms with Crippen LogP contribution in [0.2, 0.25) is 0 Å². The average Bonchev–Trinajstić information content (AvgIpc) is 2.46. The summed E-state index contributed by atoms with van der Waals surface area (Å²) in [6.45, 7) is 2.36. The van der Waals surface area contributed by atoms with Gasteiger partial charge in [0.1, 0.15) is 0 Å². The molecule has 110 valence electrons. The molecule has 1 unspecified atom stereocenters. The zero-order valence-electron chi connectivity index (χ0n) is 12.2. The summed E-state index contributed by atoms with van der Waals surface area (Å²) in [5, 5.41) is 12.6. The number of aryl methyl sites for hydroxylation is 1. The maximum absolute atomic E-state index is 11.6. The molecule has 0 aliphatic carbocycles. The molecule has 0 bridgehead atoms. The molecule has 0 aliphatic heterocycles. The van der Waals surface area contributed by atoms with E-state index in [0.717, 1.165) is 16.8 Å². The van der Waals surface area contributed by atoms with Crippen LogP contribution in [0.15, 0.2) is 48.5 Å². The van der Waals surface area contributed by atoms with Crippen LogP contribution in [0.3, 0.4) is 0 Å². The summed E-state index contributed by atoms with van der Waals surface area (Å²) in [4.78, 5) is 11.6. The smallest absolute Gasteiger partial charge is 0.330 e. The molecule has 0 aromatic heterocycles. The first kappa shape index (κ1) is 15.1. The topological polar surface area (TPSA) is 58.6 Å². The molecule has 0 saturated carbocycles. The molecule has 0 saturated heterocycles. The van der Waals surface area contributed by atoms with E-state index < -0.39 is 12.0 Å². The van der Waals surface area contributed by atoms with E-state index in [1.54, 1.807) is 7.11 Å². The molecule has 4 nitrogen and oxygen atoms in total. The molecule has 21 heavy (non-hydrogen) atoms. The summed E-state index contributed by atoms with van der Waals surface area (Å²) in [5.41, 5.74) is 3.45. The van der Waals surface area contributed by atoms with Crippen LogP contribution in [0.1, 0.15) is 22.7 Å². The quantitative estimate of drug-likeness (QED) is 0.854. The average molecular weight is 285 g/mol. The Balaban J connectivity index is 2.33. The maximum atomic E-state index is 11.6. The van der Waals surface area contributed by atoms with Gasteiger partial charge >= 0.3 is 5.97 Å². The number of hydrogen-bond donors (Lipinski definition) is 2. The lowest BCUT2D eigenvalue weighted by molar-refractivity contribution is -0.138. The van der Waals surface area contributed by atoms with E-state index in [-0.39, 0.29) is 0 Å². The molecule has 2 aromatic rings. The van der Waals surface area contributed by atoms with Crippen LogP contribution in [-0.4, -0.2) is 18.2 Å². The summed E-state index contributed by atoms with van der Waals surface area (Å²) in [7, 11) is 1.60. The minimum absolute atomic E-state index is 0.384.